The van der Waals surface area contributed by atoms with Crippen LogP contribution in [0.2, 0.25) is 0 Å². The number of carbonyl (C=O) groups excluding carboxylic acids is 1. The van der Waals surface area contributed by atoms with Crippen molar-refractivity contribution >= 4 is 5.91 Å². The minimum Gasteiger partial charge on any atom is -0.393 e. The molecule has 5 heteroatoms. The number of aliphatic hydroxyl groups is 1. The summed E-state index contributed by atoms with van der Waals surface area (Å²) < 4.78 is 2.03. The average Bonchev–Trinajstić information content (AvgIpc) is 2.95. The third-order valence-electron chi connectivity index (χ3n) is 4.19. The van der Waals surface area contributed by atoms with Crippen LogP contribution in [0.3, 0.4) is 0 Å². The van der Waals surface area contributed by atoms with Gasteiger partial charge in [-0.1, -0.05) is 20.3 Å². The molecule has 1 saturated heterocycles. The van der Waals surface area contributed by atoms with E-state index in [9.17, 15) is 9.90 Å². The molecule has 1 aromatic heterocycles. The number of amides is 1. The maximum absolute atomic E-state index is 12.4. The molecule has 1 fully saturated rings. The molecule has 20 heavy (non-hydrogen) atoms. The van der Waals surface area contributed by atoms with Crippen LogP contribution in [-0.4, -0.2) is 44.7 Å². The third kappa shape index (κ3) is 3.60. The number of carbonyl (C=O) groups is 1. The Bertz CT molecular complexity index is 419. The summed E-state index contributed by atoms with van der Waals surface area (Å²) in [4.78, 5) is 18.4. The van der Waals surface area contributed by atoms with Gasteiger partial charge in [0.15, 0.2) is 0 Å². The largest absolute Gasteiger partial charge is 0.393 e. The number of aromatic nitrogens is 2. The number of nitrogens with zero attached hydrogens (tertiary/aromatic N) is 3. The fourth-order valence-electron chi connectivity index (χ4n) is 2.87. The first-order chi connectivity index (χ1) is 9.61. The van der Waals surface area contributed by atoms with Crippen LogP contribution in [0, 0.1) is 5.92 Å². The van der Waals surface area contributed by atoms with Gasteiger partial charge in [0.25, 0.3) is 0 Å². The van der Waals surface area contributed by atoms with Crippen LogP contribution in [0.15, 0.2) is 18.7 Å². The molecule has 2 heterocycles. The number of aliphatic hydroxyl groups excluding tert-OH is 1. The molecule has 3 unspecified atom stereocenters. The van der Waals surface area contributed by atoms with Crippen molar-refractivity contribution in [3.8, 4) is 0 Å². The Labute approximate surface area is 120 Å². The van der Waals surface area contributed by atoms with Gasteiger partial charge in [-0.05, 0) is 18.8 Å². The Hall–Kier alpha value is -1.36. The molecule has 0 aromatic carbocycles. The van der Waals surface area contributed by atoms with Crippen molar-refractivity contribution in [2.24, 2.45) is 5.92 Å². The smallest absolute Gasteiger partial charge is 0.224 e. The molecular weight excluding hydrogens is 254 g/mol. The maximum atomic E-state index is 12.4. The van der Waals surface area contributed by atoms with Gasteiger partial charge in [0.2, 0.25) is 5.91 Å². The standard InChI is InChI=1S/C15H25N3O2/c1-3-4-13(18-8-6-16-11-18)9-15(20)17-7-5-14(19)12(2)10-17/h6,8,11-14,19H,3-5,7,9-10H2,1-2H3. The van der Waals surface area contributed by atoms with E-state index in [0.717, 1.165) is 12.8 Å². The number of imidazole rings is 1. The highest BCUT2D eigenvalue weighted by Gasteiger charge is 2.28. The molecule has 1 amide bonds. The first-order valence-electron chi connectivity index (χ1n) is 7.55. The van der Waals surface area contributed by atoms with E-state index in [1.165, 1.54) is 0 Å². The van der Waals surface area contributed by atoms with Gasteiger partial charge in [-0.25, -0.2) is 4.98 Å². The quantitative estimate of drug-likeness (QED) is 0.894. The summed E-state index contributed by atoms with van der Waals surface area (Å²) in [5, 5.41) is 9.74. The number of piperidine rings is 1. The molecule has 0 radical (unpaired) electrons. The molecule has 1 N–H and O–H groups in total. The third-order valence-corrected chi connectivity index (χ3v) is 4.19. The average molecular weight is 279 g/mol. The van der Waals surface area contributed by atoms with Crippen molar-refractivity contribution in [3.05, 3.63) is 18.7 Å². The molecule has 0 aliphatic carbocycles. The van der Waals surface area contributed by atoms with Gasteiger partial charge in [0, 0.05) is 37.9 Å². The van der Waals surface area contributed by atoms with Crippen LogP contribution in [0.5, 0.6) is 0 Å². The predicted octanol–water partition coefficient (Wildman–Crippen LogP) is 1.84. The summed E-state index contributed by atoms with van der Waals surface area (Å²) in [6, 6.07) is 0.192. The first-order valence-corrected chi connectivity index (χ1v) is 7.55. The van der Waals surface area contributed by atoms with E-state index in [4.69, 9.17) is 0 Å². The van der Waals surface area contributed by atoms with Gasteiger partial charge >= 0.3 is 0 Å². The van der Waals surface area contributed by atoms with E-state index in [1.54, 1.807) is 12.5 Å². The number of hydrogen-bond acceptors (Lipinski definition) is 3. The summed E-state index contributed by atoms with van der Waals surface area (Å²) in [5.41, 5.74) is 0. The predicted molar refractivity (Wildman–Crippen MR) is 77.2 cm³/mol. The highest BCUT2D eigenvalue weighted by atomic mass is 16.3. The SMILES string of the molecule is CCCC(CC(=O)N1CCC(O)C(C)C1)n1ccnc1. The zero-order valence-electron chi connectivity index (χ0n) is 12.4. The van der Waals surface area contributed by atoms with Crippen molar-refractivity contribution in [2.45, 2.75) is 51.7 Å². The van der Waals surface area contributed by atoms with E-state index in [2.05, 4.69) is 11.9 Å². The summed E-state index contributed by atoms with van der Waals surface area (Å²) in [7, 11) is 0. The summed E-state index contributed by atoms with van der Waals surface area (Å²) in [6.45, 7) is 5.48. The summed E-state index contributed by atoms with van der Waals surface area (Å²) in [6.07, 6.45) is 8.45. The van der Waals surface area contributed by atoms with Crippen molar-refractivity contribution in [1.82, 2.24) is 14.5 Å². The molecule has 2 rings (SSSR count). The van der Waals surface area contributed by atoms with Crippen molar-refractivity contribution in [1.29, 1.82) is 0 Å². The lowest BCUT2D eigenvalue weighted by Crippen LogP contribution is -2.45. The van der Waals surface area contributed by atoms with Crippen LogP contribution < -0.4 is 0 Å². The van der Waals surface area contributed by atoms with Gasteiger partial charge in [0.05, 0.1) is 12.4 Å². The fraction of sp³-hybridized carbons (Fsp3) is 0.733. The monoisotopic (exact) mass is 279 g/mol. The van der Waals surface area contributed by atoms with E-state index in [0.29, 0.717) is 25.9 Å². The Kier molecular flexibility index (Phi) is 5.17. The zero-order valence-corrected chi connectivity index (χ0v) is 12.4. The normalized spacial score (nSPS) is 24.6. The van der Waals surface area contributed by atoms with E-state index in [-0.39, 0.29) is 24.0 Å². The Morgan fingerprint density at radius 3 is 2.95 bits per heavy atom. The summed E-state index contributed by atoms with van der Waals surface area (Å²) in [5.74, 6) is 0.362. The van der Waals surface area contributed by atoms with Crippen LogP contribution in [0.4, 0.5) is 0 Å². The van der Waals surface area contributed by atoms with Crippen molar-refractivity contribution < 1.29 is 9.90 Å². The second-order valence-corrected chi connectivity index (χ2v) is 5.83. The van der Waals surface area contributed by atoms with E-state index >= 15 is 0 Å². The lowest BCUT2D eigenvalue weighted by atomic mass is 9.96. The highest BCUT2D eigenvalue weighted by molar-refractivity contribution is 5.76. The zero-order chi connectivity index (χ0) is 14.5. The molecule has 1 aliphatic heterocycles. The summed E-state index contributed by atoms with van der Waals surface area (Å²) >= 11 is 0. The van der Waals surface area contributed by atoms with Crippen LogP contribution >= 0.6 is 0 Å². The molecule has 0 spiro atoms. The molecule has 112 valence electrons. The minimum absolute atomic E-state index is 0.172. The van der Waals surface area contributed by atoms with Crippen LogP contribution in [0.25, 0.3) is 0 Å². The lowest BCUT2D eigenvalue weighted by molar-refractivity contribution is -0.135. The molecule has 3 atom stereocenters. The van der Waals surface area contributed by atoms with Gasteiger partial charge in [-0.2, -0.15) is 0 Å². The minimum atomic E-state index is -0.265. The van der Waals surface area contributed by atoms with E-state index < -0.39 is 0 Å². The van der Waals surface area contributed by atoms with Crippen LogP contribution in [-0.2, 0) is 4.79 Å². The first kappa shape index (κ1) is 15.0. The molecule has 5 nitrogen and oxygen atoms in total. The van der Waals surface area contributed by atoms with Crippen LogP contribution in [0.1, 0.15) is 45.6 Å². The number of likely N-dealkylation sites (tertiary alicyclic amines) is 1. The highest BCUT2D eigenvalue weighted by Crippen LogP contribution is 2.22. The van der Waals surface area contributed by atoms with E-state index in [1.807, 2.05) is 22.6 Å². The number of hydrogen-bond donors (Lipinski definition) is 1. The molecular formula is C15H25N3O2. The van der Waals surface area contributed by atoms with Gasteiger partial charge in [-0.15, -0.1) is 0 Å². The van der Waals surface area contributed by atoms with Gasteiger partial charge in [-0.3, -0.25) is 4.79 Å². The van der Waals surface area contributed by atoms with Crippen molar-refractivity contribution in [2.75, 3.05) is 13.1 Å². The Morgan fingerprint density at radius 2 is 2.35 bits per heavy atom. The number of rotatable bonds is 5. The van der Waals surface area contributed by atoms with Gasteiger partial charge in [0.1, 0.15) is 0 Å². The Morgan fingerprint density at radius 1 is 1.55 bits per heavy atom. The molecule has 0 saturated carbocycles. The fourth-order valence-corrected chi connectivity index (χ4v) is 2.87. The molecule has 1 aliphatic rings. The molecule has 1 aromatic rings. The lowest BCUT2D eigenvalue weighted by Gasteiger charge is -2.35. The van der Waals surface area contributed by atoms with Crippen molar-refractivity contribution in [3.63, 3.8) is 0 Å². The second-order valence-electron chi connectivity index (χ2n) is 5.83. The topological polar surface area (TPSA) is 58.4 Å². The molecule has 0 bridgehead atoms. The second kappa shape index (κ2) is 6.88. The van der Waals surface area contributed by atoms with Gasteiger partial charge < -0.3 is 14.6 Å². The maximum Gasteiger partial charge on any atom is 0.224 e. The Balaban J connectivity index is 1.95.